The van der Waals surface area contributed by atoms with E-state index >= 15 is 0 Å². The van der Waals surface area contributed by atoms with Gasteiger partial charge in [0.05, 0.1) is 6.04 Å². The number of hydrogen-bond acceptors (Lipinski definition) is 5. The van der Waals surface area contributed by atoms with Crippen molar-refractivity contribution in [3.63, 3.8) is 0 Å². The van der Waals surface area contributed by atoms with Gasteiger partial charge in [0.25, 0.3) is 0 Å². The number of aromatic nitrogens is 1. The fourth-order valence-corrected chi connectivity index (χ4v) is 2.67. The quantitative estimate of drug-likeness (QED) is 0.801. The van der Waals surface area contributed by atoms with Gasteiger partial charge in [-0.1, -0.05) is 35.5 Å². The molecule has 130 valence electrons. The number of aryl methyl sites for hydroxylation is 1. The third-order valence-corrected chi connectivity index (χ3v) is 3.84. The first-order valence-electron chi connectivity index (χ1n) is 7.88. The van der Waals surface area contributed by atoms with Gasteiger partial charge in [0, 0.05) is 25.6 Å². The minimum atomic E-state index is -0.845. The number of hydrogen-bond donors (Lipinski definition) is 2. The van der Waals surface area contributed by atoms with E-state index in [0.717, 1.165) is 5.56 Å². The van der Waals surface area contributed by atoms with Crippen LogP contribution >= 0.6 is 0 Å². The van der Waals surface area contributed by atoms with Crippen LogP contribution < -0.4 is 10.6 Å². The third-order valence-electron chi connectivity index (χ3n) is 3.84. The Morgan fingerprint density at radius 2 is 2.04 bits per heavy atom. The van der Waals surface area contributed by atoms with E-state index < -0.39 is 17.9 Å². The maximum Gasteiger partial charge on any atom is 0.314 e. The molecule has 25 heavy (non-hydrogen) atoms. The molecule has 2 heterocycles. The standard InChI is InChI=1S/C17H18N4O4/c1-11-7-14(20-25-11)19-17(24)16(23)18-13-8-15(22)21(10-13)9-12-5-3-2-4-6-12/h2-7,13H,8-10H2,1H3,(H,18,23)(H,19,20,24)/t13-/m1/s1. The van der Waals surface area contributed by atoms with Gasteiger partial charge in [-0.3, -0.25) is 19.7 Å². The van der Waals surface area contributed by atoms with Crippen molar-refractivity contribution in [2.75, 3.05) is 11.9 Å². The fourth-order valence-electron chi connectivity index (χ4n) is 2.67. The van der Waals surface area contributed by atoms with Gasteiger partial charge in [0.15, 0.2) is 5.82 Å². The lowest BCUT2D eigenvalue weighted by molar-refractivity contribution is -0.136. The second-order valence-corrected chi connectivity index (χ2v) is 5.91. The minimum Gasteiger partial charge on any atom is -0.360 e. The number of nitrogens with one attached hydrogen (secondary N) is 2. The van der Waals surface area contributed by atoms with Crippen molar-refractivity contribution in [1.82, 2.24) is 15.4 Å². The molecular weight excluding hydrogens is 324 g/mol. The molecule has 1 aliphatic rings. The highest BCUT2D eigenvalue weighted by molar-refractivity contribution is 6.39. The van der Waals surface area contributed by atoms with Gasteiger partial charge in [0.1, 0.15) is 5.76 Å². The first-order chi connectivity index (χ1) is 12.0. The summed E-state index contributed by atoms with van der Waals surface area (Å²) in [7, 11) is 0. The van der Waals surface area contributed by atoms with Crippen molar-refractivity contribution < 1.29 is 18.9 Å². The minimum absolute atomic E-state index is 0.0540. The summed E-state index contributed by atoms with van der Waals surface area (Å²) in [5.74, 6) is -1.01. The van der Waals surface area contributed by atoms with Gasteiger partial charge < -0.3 is 14.7 Å². The lowest BCUT2D eigenvalue weighted by Gasteiger charge is -2.17. The first-order valence-corrected chi connectivity index (χ1v) is 7.88. The summed E-state index contributed by atoms with van der Waals surface area (Å²) in [5.41, 5.74) is 1.02. The molecular formula is C17H18N4O4. The maximum absolute atomic E-state index is 12.1. The number of benzene rings is 1. The van der Waals surface area contributed by atoms with Crippen LogP contribution in [0.3, 0.4) is 0 Å². The van der Waals surface area contributed by atoms with E-state index in [9.17, 15) is 14.4 Å². The predicted octanol–water partition coefficient (Wildman–Crippen LogP) is 0.839. The molecule has 0 unspecified atom stereocenters. The average Bonchev–Trinajstić information content (AvgIpc) is 3.14. The summed E-state index contributed by atoms with van der Waals surface area (Å²) in [6.45, 7) is 2.53. The number of rotatable bonds is 4. The van der Waals surface area contributed by atoms with Crippen LogP contribution in [0.1, 0.15) is 17.7 Å². The van der Waals surface area contributed by atoms with Crippen LogP contribution in [-0.4, -0.2) is 40.4 Å². The molecule has 0 radical (unpaired) electrons. The van der Waals surface area contributed by atoms with Gasteiger partial charge in [-0.2, -0.15) is 0 Å². The molecule has 0 saturated carbocycles. The van der Waals surface area contributed by atoms with E-state index in [2.05, 4.69) is 15.8 Å². The molecule has 3 rings (SSSR count). The number of likely N-dealkylation sites (tertiary alicyclic amines) is 1. The van der Waals surface area contributed by atoms with Gasteiger partial charge >= 0.3 is 11.8 Å². The molecule has 8 nitrogen and oxygen atoms in total. The molecule has 8 heteroatoms. The number of amides is 3. The second kappa shape index (κ2) is 7.16. The molecule has 1 aromatic carbocycles. The molecule has 1 aromatic heterocycles. The monoisotopic (exact) mass is 342 g/mol. The third kappa shape index (κ3) is 4.23. The Morgan fingerprint density at radius 3 is 2.72 bits per heavy atom. The molecule has 1 saturated heterocycles. The molecule has 3 amide bonds. The van der Waals surface area contributed by atoms with Crippen molar-refractivity contribution in [3.05, 3.63) is 47.7 Å². The lowest BCUT2D eigenvalue weighted by Crippen LogP contribution is -2.43. The summed E-state index contributed by atoms with van der Waals surface area (Å²) < 4.78 is 4.82. The Hall–Kier alpha value is -3.16. The Bertz CT molecular complexity index is 787. The molecule has 2 N–H and O–H groups in total. The zero-order valence-electron chi connectivity index (χ0n) is 13.7. The molecule has 0 bridgehead atoms. The van der Waals surface area contributed by atoms with Gasteiger partial charge in [-0.25, -0.2) is 0 Å². The van der Waals surface area contributed by atoms with Gasteiger partial charge in [-0.15, -0.1) is 0 Å². The molecule has 1 fully saturated rings. The summed E-state index contributed by atoms with van der Waals surface area (Å²) in [6, 6.07) is 10.7. The van der Waals surface area contributed by atoms with E-state index in [0.29, 0.717) is 18.8 Å². The van der Waals surface area contributed by atoms with Crippen molar-refractivity contribution in [1.29, 1.82) is 0 Å². The summed E-state index contributed by atoms with van der Waals surface area (Å²) in [5, 5.41) is 8.52. The Kier molecular flexibility index (Phi) is 4.78. The topological polar surface area (TPSA) is 105 Å². The predicted molar refractivity (Wildman–Crippen MR) is 88.3 cm³/mol. The van der Waals surface area contributed by atoms with Crippen molar-refractivity contribution in [2.24, 2.45) is 0 Å². The number of anilines is 1. The van der Waals surface area contributed by atoms with Gasteiger partial charge in [0.2, 0.25) is 5.91 Å². The zero-order valence-corrected chi connectivity index (χ0v) is 13.7. The molecule has 0 aliphatic carbocycles. The number of carbonyl (C=O) groups is 3. The molecule has 0 spiro atoms. The van der Waals surface area contributed by atoms with E-state index in [4.69, 9.17) is 4.52 Å². The number of nitrogens with zero attached hydrogens (tertiary/aromatic N) is 2. The van der Waals surface area contributed by atoms with Crippen molar-refractivity contribution in [3.8, 4) is 0 Å². The van der Waals surface area contributed by atoms with E-state index in [1.807, 2.05) is 30.3 Å². The van der Waals surface area contributed by atoms with Crippen LogP contribution in [0, 0.1) is 6.92 Å². The summed E-state index contributed by atoms with van der Waals surface area (Å²) >= 11 is 0. The smallest absolute Gasteiger partial charge is 0.314 e. The average molecular weight is 342 g/mol. The van der Waals surface area contributed by atoms with Crippen LogP contribution in [0.2, 0.25) is 0 Å². The Balaban J connectivity index is 1.52. The summed E-state index contributed by atoms with van der Waals surface area (Å²) in [4.78, 5) is 37.6. The molecule has 1 aliphatic heterocycles. The SMILES string of the molecule is Cc1cc(NC(=O)C(=O)N[C@@H]2CC(=O)N(Cc3ccccc3)C2)no1. The highest BCUT2D eigenvalue weighted by atomic mass is 16.5. The zero-order chi connectivity index (χ0) is 17.8. The van der Waals surface area contributed by atoms with E-state index in [1.165, 1.54) is 6.07 Å². The van der Waals surface area contributed by atoms with Gasteiger partial charge in [-0.05, 0) is 12.5 Å². The first kappa shape index (κ1) is 16.7. The second-order valence-electron chi connectivity index (χ2n) is 5.91. The van der Waals surface area contributed by atoms with Crippen LogP contribution in [0.4, 0.5) is 5.82 Å². The van der Waals surface area contributed by atoms with E-state index in [1.54, 1.807) is 11.8 Å². The maximum atomic E-state index is 12.1. The highest BCUT2D eigenvalue weighted by Gasteiger charge is 2.31. The number of carbonyl (C=O) groups excluding carboxylic acids is 3. The van der Waals surface area contributed by atoms with Crippen molar-refractivity contribution >= 4 is 23.5 Å². The van der Waals surface area contributed by atoms with E-state index in [-0.39, 0.29) is 18.1 Å². The van der Waals surface area contributed by atoms with Crippen LogP contribution in [0.15, 0.2) is 40.9 Å². The van der Waals surface area contributed by atoms with Crippen LogP contribution in [0.25, 0.3) is 0 Å². The lowest BCUT2D eigenvalue weighted by atomic mass is 10.2. The summed E-state index contributed by atoms with van der Waals surface area (Å²) in [6.07, 6.45) is 0.176. The normalized spacial score (nSPS) is 16.8. The largest absolute Gasteiger partial charge is 0.360 e. The Labute approximate surface area is 144 Å². The van der Waals surface area contributed by atoms with Crippen molar-refractivity contribution in [2.45, 2.75) is 25.9 Å². The molecule has 1 atom stereocenters. The fraction of sp³-hybridized carbons (Fsp3) is 0.294. The molecule has 2 aromatic rings. The Morgan fingerprint density at radius 1 is 1.28 bits per heavy atom. The van der Waals surface area contributed by atoms with Crippen LogP contribution in [-0.2, 0) is 20.9 Å². The highest BCUT2D eigenvalue weighted by Crippen LogP contribution is 2.15. The van der Waals surface area contributed by atoms with Crippen LogP contribution in [0.5, 0.6) is 0 Å².